The summed E-state index contributed by atoms with van der Waals surface area (Å²) in [7, 11) is 0. The number of hydrogen-bond acceptors (Lipinski definition) is 2. The highest BCUT2D eigenvalue weighted by molar-refractivity contribution is 7.98. The van der Waals surface area contributed by atoms with Crippen molar-refractivity contribution in [3.63, 3.8) is 0 Å². The first-order valence-corrected chi connectivity index (χ1v) is 11.6. The van der Waals surface area contributed by atoms with Gasteiger partial charge in [-0.2, -0.15) is 0 Å². The molecule has 0 amide bonds. The Bertz CT molecular complexity index is 1560. The van der Waals surface area contributed by atoms with Crippen molar-refractivity contribution in [3.8, 4) is 22.3 Å². The minimum Gasteiger partial charge on any atom is -0.456 e. The van der Waals surface area contributed by atoms with E-state index in [1.54, 1.807) is 11.8 Å². The van der Waals surface area contributed by atoms with E-state index in [1.807, 2.05) is 12.1 Å². The number of fused-ring (bicyclic) bond motifs is 4. The second-order valence-electron chi connectivity index (χ2n) is 7.74. The maximum Gasteiger partial charge on any atom is 0.135 e. The monoisotopic (exact) mass is 416 g/mol. The first-order valence-electron chi connectivity index (χ1n) is 10.4. The van der Waals surface area contributed by atoms with Crippen LogP contribution in [0.3, 0.4) is 0 Å². The molecule has 2 heteroatoms. The van der Waals surface area contributed by atoms with E-state index in [0.717, 1.165) is 21.9 Å². The largest absolute Gasteiger partial charge is 0.456 e. The van der Waals surface area contributed by atoms with E-state index in [-0.39, 0.29) is 0 Å². The van der Waals surface area contributed by atoms with Gasteiger partial charge < -0.3 is 4.42 Å². The highest BCUT2D eigenvalue weighted by Gasteiger charge is 2.12. The summed E-state index contributed by atoms with van der Waals surface area (Å²) in [4.78, 5) is 1.28. The Morgan fingerprint density at radius 3 is 1.81 bits per heavy atom. The molecule has 0 fully saturated rings. The first kappa shape index (κ1) is 18.3. The molecule has 0 radical (unpaired) electrons. The van der Waals surface area contributed by atoms with Gasteiger partial charge in [0, 0.05) is 15.7 Å². The number of thioether (sulfide) groups is 1. The zero-order valence-corrected chi connectivity index (χ0v) is 17.9. The Morgan fingerprint density at radius 1 is 0.516 bits per heavy atom. The molecule has 0 aliphatic rings. The number of benzene rings is 5. The quantitative estimate of drug-likeness (QED) is 0.267. The van der Waals surface area contributed by atoms with Gasteiger partial charge in [-0.05, 0) is 69.6 Å². The normalized spacial score (nSPS) is 11.5. The third-order valence-electron chi connectivity index (χ3n) is 6.01. The van der Waals surface area contributed by atoms with E-state index >= 15 is 0 Å². The molecule has 6 aromatic rings. The van der Waals surface area contributed by atoms with E-state index in [9.17, 15) is 0 Å². The maximum atomic E-state index is 6.02. The lowest BCUT2D eigenvalue weighted by Crippen LogP contribution is -1.86. The van der Waals surface area contributed by atoms with Crippen molar-refractivity contribution in [1.29, 1.82) is 0 Å². The Hall–Kier alpha value is -3.49. The van der Waals surface area contributed by atoms with Crippen LogP contribution >= 0.6 is 11.8 Å². The predicted octanol–water partition coefficient (Wildman–Crippen LogP) is 8.80. The molecule has 0 aliphatic heterocycles. The summed E-state index contributed by atoms with van der Waals surface area (Å²) in [5, 5.41) is 4.86. The van der Waals surface area contributed by atoms with E-state index in [1.165, 1.54) is 37.9 Å². The van der Waals surface area contributed by atoms with Crippen molar-refractivity contribution in [2.24, 2.45) is 0 Å². The summed E-state index contributed by atoms with van der Waals surface area (Å²) < 4.78 is 6.02. The van der Waals surface area contributed by atoms with Crippen LogP contribution in [0.5, 0.6) is 0 Å². The average Bonchev–Trinajstić information content (AvgIpc) is 3.21. The van der Waals surface area contributed by atoms with Crippen molar-refractivity contribution < 1.29 is 4.42 Å². The fourth-order valence-electron chi connectivity index (χ4n) is 4.47. The summed E-state index contributed by atoms with van der Waals surface area (Å²) in [5.41, 5.74) is 6.83. The van der Waals surface area contributed by atoms with E-state index in [2.05, 4.69) is 97.3 Å². The van der Waals surface area contributed by atoms with Gasteiger partial charge in [-0.25, -0.2) is 0 Å². The van der Waals surface area contributed by atoms with Crippen LogP contribution in [0.1, 0.15) is 0 Å². The zero-order chi connectivity index (χ0) is 20.8. The van der Waals surface area contributed by atoms with Gasteiger partial charge in [0.25, 0.3) is 0 Å². The second kappa shape index (κ2) is 7.33. The molecule has 5 aromatic carbocycles. The molecule has 0 bridgehead atoms. The lowest BCUT2D eigenvalue weighted by atomic mass is 9.91. The van der Waals surface area contributed by atoms with Crippen molar-refractivity contribution in [3.05, 3.63) is 103 Å². The van der Waals surface area contributed by atoms with Crippen LogP contribution in [0.15, 0.2) is 112 Å². The molecule has 1 nitrogen and oxygen atoms in total. The van der Waals surface area contributed by atoms with Gasteiger partial charge in [0.15, 0.2) is 0 Å². The molecule has 148 valence electrons. The first-order chi connectivity index (χ1) is 15.3. The highest BCUT2D eigenvalue weighted by atomic mass is 32.2. The van der Waals surface area contributed by atoms with E-state index in [0.29, 0.717) is 0 Å². The van der Waals surface area contributed by atoms with Crippen LogP contribution in [-0.2, 0) is 0 Å². The summed E-state index contributed by atoms with van der Waals surface area (Å²) in [5.74, 6) is 0. The number of furan rings is 1. The van der Waals surface area contributed by atoms with Gasteiger partial charge in [-0.3, -0.25) is 0 Å². The van der Waals surface area contributed by atoms with Crippen LogP contribution in [-0.4, -0.2) is 6.26 Å². The highest BCUT2D eigenvalue weighted by Crippen LogP contribution is 2.38. The molecule has 6 rings (SSSR count). The smallest absolute Gasteiger partial charge is 0.135 e. The zero-order valence-electron chi connectivity index (χ0n) is 17.1. The van der Waals surface area contributed by atoms with Gasteiger partial charge in [0.2, 0.25) is 0 Å². The molecule has 31 heavy (non-hydrogen) atoms. The summed E-state index contributed by atoms with van der Waals surface area (Å²) >= 11 is 1.77. The summed E-state index contributed by atoms with van der Waals surface area (Å²) in [6, 6.07) is 36.8. The molecule has 0 saturated carbocycles. The maximum absolute atomic E-state index is 6.02. The SMILES string of the molecule is CSc1ccc(-c2ccc(-c3ccc4oc5ccccc5c4c3)c3ccccc23)cc1. The fourth-order valence-corrected chi connectivity index (χ4v) is 4.87. The molecule has 0 unspecified atom stereocenters. The molecular formula is C29H20OS. The minimum absolute atomic E-state index is 0.930. The van der Waals surface area contributed by atoms with Crippen LogP contribution < -0.4 is 0 Å². The standard InChI is InChI=1S/C29H20OS/c1-31-21-13-10-19(11-14-21)22-15-16-23(25-7-3-2-6-24(22)25)20-12-17-29-27(18-20)26-8-4-5-9-28(26)30-29/h2-18H,1H3. The fraction of sp³-hybridized carbons (Fsp3) is 0.0345. The minimum atomic E-state index is 0.930. The molecule has 0 N–H and O–H groups in total. The van der Waals surface area contributed by atoms with Gasteiger partial charge in [0.05, 0.1) is 0 Å². The molecule has 0 atom stereocenters. The molecule has 1 aromatic heterocycles. The Morgan fingerprint density at radius 2 is 1.10 bits per heavy atom. The Kier molecular flexibility index (Phi) is 4.33. The topological polar surface area (TPSA) is 13.1 Å². The molecule has 0 saturated heterocycles. The number of rotatable bonds is 3. The van der Waals surface area contributed by atoms with Crippen molar-refractivity contribution in [1.82, 2.24) is 0 Å². The second-order valence-corrected chi connectivity index (χ2v) is 8.62. The lowest BCUT2D eigenvalue weighted by molar-refractivity contribution is 0.669. The predicted molar refractivity (Wildman–Crippen MR) is 134 cm³/mol. The lowest BCUT2D eigenvalue weighted by Gasteiger charge is -2.12. The van der Waals surface area contributed by atoms with Crippen LogP contribution in [0.4, 0.5) is 0 Å². The Labute approximate surface area is 185 Å². The van der Waals surface area contributed by atoms with Crippen molar-refractivity contribution in [2.45, 2.75) is 4.90 Å². The van der Waals surface area contributed by atoms with Crippen LogP contribution in [0.25, 0.3) is 55.0 Å². The van der Waals surface area contributed by atoms with Crippen molar-refractivity contribution in [2.75, 3.05) is 6.26 Å². The molecule has 1 heterocycles. The van der Waals surface area contributed by atoms with Gasteiger partial charge in [0.1, 0.15) is 11.2 Å². The van der Waals surface area contributed by atoms with Crippen LogP contribution in [0.2, 0.25) is 0 Å². The number of para-hydroxylation sites is 1. The van der Waals surface area contributed by atoms with Gasteiger partial charge in [-0.1, -0.05) is 72.8 Å². The van der Waals surface area contributed by atoms with E-state index in [4.69, 9.17) is 4.42 Å². The molecular weight excluding hydrogens is 396 g/mol. The third kappa shape index (κ3) is 3.03. The van der Waals surface area contributed by atoms with Gasteiger partial charge >= 0.3 is 0 Å². The average molecular weight is 417 g/mol. The van der Waals surface area contributed by atoms with Crippen LogP contribution in [0, 0.1) is 0 Å². The molecule has 0 spiro atoms. The van der Waals surface area contributed by atoms with E-state index < -0.39 is 0 Å². The molecule has 0 aliphatic carbocycles. The summed E-state index contributed by atoms with van der Waals surface area (Å²) in [6.07, 6.45) is 2.11. The summed E-state index contributed by atoms with van der Waals surface area (Å²) in [6.45, 7) is 0. The Balaban J connectivity index is 1.56. The number of hydrogen-bond donors (Lipinski definition) is 0. The third-order valence-corrected chi connectivity index (χ3v) is 6.76. The van der Waals surface area contributed by atoms with Crippen molar-refractivity contribution >= 4 is 44.5 Å². The van der Waals surface area contributed by atoms with Gasteiger partial charge in [-0.15, -0.1) is 11.8 Å².